The molecule has 1 aliphatic carbocycles. The van der Waals surface area contributed by atoms with Gasteiger partial charge in [-0.05, 0) is 62.4 Å². The standard InChI is InChI=1S/C20H24N2O/c1-15-13-18(11-12-20(23)21(3)14-17-9-10-17)16(2)22(15)19-7-5-4-6-8-19/h4-8,11-13,17H,9-10,14H2,1-3H3/b12-11+. The number of likely N-dealkylation sites (N-methyl/N-ethyl adjacent to an activating group) is 1. The lowest BCUT2D eigenvalue weighted by Crippen LogP contribution is -2.26. The van der Waals surface area contributed by atoms with Crippen molar-refractivity contribution in [2.24, 2.45) is 5.92 Å². The molecule has 0 saturated heterocycles. The van der Waals surface area contributed by atoms with Crippen molar-refractivity contribution in [3.05, 3.63) is 59.4 Å². The van der Waals surface area contributed by atoms with E-state index in [1.54, 1.807) is 6.08 Å². The number of rotatable bonds is 5. The smallest absolute Gasteiger partial charge is 0.246 e. The molecule has 1 aromatic carbocycles. The quantitative estimate of drug-likeness (QED) is 0.767. The number of benzene rings is 1. The lowest BCUT2D eigenvalue weighted by atomic mass is 10.2. The lowest BCUT2D eigenvalue weighted by Gasteiger charge is -2.14. The Morgan fingerprint density at radius 3 is 2.61 bits per heavy atom. The fraction of sp³-hybridized carbons (Fsp3) is 0.350. The Bertz CT molecular complexity index is 724. The number of para-hydroxylation sites is 1. The Hall–Kier alpha value is -2.29. The molecule has 1 fully saturated rings. The van der Waals surface area contributed by atoms with E-state index in [9.17, 15) is 4.79 Å². The number of hydrogen-bond acceptors (Lipinski definition) is 1. The summed E-state index contributed by atoms with van der Waals surface area (Å²) in [6.07, 6.45) is 6.16. The van der Waals surface area contributed by atoms with E-state index in [1.807, 2.05) is 36.2 Å². The summed E-state index contributed by atoms with van der Waals surface area (Å²) in [4.78, 5) is 14.0. The summed E-state index contributed by atoms with van der Waals surface area (Å²) in [7, 11) is 1.89. The molecule has 23 heavy (non-hydrogen) atoms. The van der Waals surface area contributed by atoms with E-state index in [2.05, 4.69) is 36.6 Å². The first kappa shape index (κ1) is 15.6. The molecule has 0 spiro atoms. The van der Waals surface area contributed by atoms with E-state index in [1.165, 1.54) is 18.5 Å². The summed E-state index contributed by atoms with van der Waals surface area (Å²) >= 11 is 0. The van der Waals surface area contributed by atoms with Gasteiger partial charge in [-0.2, -0.15) is 0 Å². The summed E-state index contributed by atoms with van der Waals surface area (Å²) in [5, 5.41) is 0. The van der Waals surface area contributed by atoms with Crippen LogP contribution in [0.3, 0.4) is 0 Å². The first-order chi connectivity index (χ1) is 11.1. The molecule has 1 aromatic heterocycles. The summed E-state index contributed by atoms with van der Waals surface area (Å²) in [6, 6.07) is 12.4. The number of nitrogens with zero attached hydrogens (tertiary/aromatic N) is 2. The van der Waals surface area contributed by atoms with Crippen LogP contribution < -0.4 is 0 Å². The number of carbonyl (C=O) groups is 1. The highest BCUT2D eigenvalue weighted by atomic mass is 16.2. The topological polar surface area (TPSA) is 25.2 Å². The van der Waals surface area contributed by atoms with E-state index in [0.29, 0.717) is 0 Å². The van der Waals surface area contributed by atoms with E-state index in [-0.39, 0.29) is 5.91 Å². The van der Waals surface area contributed by atoms with E-state index >= 15 is 0 Å². The van der Waals surface area contributed by atoms with Crippen LogP contribution in [-0.4, -0.2) is 29.0 Å². The molecule has 3 nitrogen and oxygen atoms in total. The van der Waals surface area contributed by atoms with Crippen molar-refractivity contribution in [2.45, 2.75) is 26.7 Å². The average Bonchev–Trinajstić information content (AvgIpc) is 3.31. The van der Waals surface area contributed by atoms with E-state index in [0.717, 1.165) is 29.4 Å². The van der Waals surface area contributed by atoms with Crippen LogP contribution in [0.15, 0.2) is 42.5 Å². The summed E-state index contributed by atoms with van der Waals surface area (Å²) in [5.74, 6) is 0.807. The molecule has 0 unspecified atom stereocenters. The Kier molecular flexibility index (Phi) is 4.37. The van der Waals surface area contributed by atoms with Gasteiger partial charge < -0.3 is 9.47 Å². The number of hydrogen-bond donors (Lipinski definition) is 0. The van der Waals surface area contributed by atoms with Crippen molar-refractivity contribution in [1.82, 2.24) is 9.47 Å². The zero-order valence-electron chi connectivity index (χ0n) is 14.1. The number of aryl methyl sites for hydroxylation is 1. The van der Waals surface area contributed by atoms with Crippen LogP contribution in [0.1, 0.15) is 29.8 Å². The van der Waals surface area contributed by atoms with Gasteiger partial charge in [-0.15, -0.1) is 0 Å². The molecule has 0 atom stereocenters. The fourth-order valence-electron chi connectivity index (χ4n) is 3.00. The Morgan fingerprint density at radius 2 is 1.96 bits per heavy atom. The molecule has 2 aromatic rings. The molecular formula is C20H24N2O. The second-order valence-electron chi connectivity index (χ2n) is 6.49. The molecular weight excluding hydrogens is 284 g/mol. The van der Waals surface area contributed by atoms with Gasteiger partial charge in [0.1, 0.15) is 0 Å². The van der Waals surface area contributed by atoms with E-state index in [4.69, 9.17) is 0 Å². The second-order valence-corrected chi connectivity index (χ2v) is 6.49. The highest BCUT2D eigenvalue weighted by Crippen LogP contribution is 2.29. The highest BCUT2D eigenvalue weighted by Gasteiger charge is 2.24. The second kappa shape index (κ2) is 6.45. The molecule has 120 valence electrons. The van der Waals surface area contributed by atoms with E-state index < -0.39 is 0 Å². The predicted molar refractivity (Wildman–Crippen MR) is 94.6 cm³/mol. The van der Waals surface area contributed by atoms with Crippen LogP contribution in [0, 0.1) is 19.8 Å². The molecule has 1 amide bonds. The third-order valence-corrected chi connectivity index (χ3v) is 4.50. The summed E-state index contributed by atoms with van der Waals surface area (Å²) in [6.45, 7) is 5.07. The lowest BCUT2D eigenvalue weighted by molar-refractivity contribution is -0.124. The van der Waals surface area contributed by atoms with Crippen molar-refractivity contribution in [3.8, 4) is 5.69 Å². The van der Waals surface area contributed by atoms with Crippen LogP contribution in [-0.2, 0) is 4.79 Å². The normalized spacial score (nSPS) is 14.4. The minimum absolute atomic E-state index is 0.0846. The number of amides is 1. The van der Waals surface area contributed by atoms with Crippen molar-refractivity contribution in [3.63, 3.8) is 0 Å². The van der Waals surface area contributed by atoms with Gasteiger partial charge in [0.25, 0.3) is 0 Å². The Morgan fingerprint density at radius 1 is 1.26 bits per heavy atom. The van der Waals surface area contributed by atoms with Gasteiger partial charge in [0.2, 0.25) is 5.91 Å². The molecule has 1 saturated carbocycles. The van der Waals surface area contributed by atoms with Crippen molar-refractivity contribution in [1.29, 1.82) is 0 Å². The van der Waals surface area contributed by atoms with Crippen LogP contribution in [0.2, 0.25) is 0 Å². The Labute approximate surface area is 138 Å². The van der Waals surface area contributed by atoms with Crippen LogP contribution >= 0.6 is 0 Å². The van der Waals surface area contributed by atoms with Crippen LogP contribution in [0.5, 0.6) is 0 Å². The van der Waals surface area contributed by atoms with Gasteiger partial charge in [0, 0.05) is 36.7 Å². The first-order valence-electron chi connectivity index (χ1n) is 8.24. The van der Waals surface area contributed by atoms with Crippen LogP contribution in [0.25, 0.3) is 11.8 Å². The SMILES string of the molecule is Cc1cc(/C=C/C(=O)N(C)CC2CC2)c(C)n1-c1ccccc1. The third kappa shape index (κ3) is 3.55. The van der Waals surface area contributed by atoms with Crippen LogP contribution in [0.4, 0.5) is 0 Å². The van der Waals surface area contributed by atoms with Gasteiger partial charge in [0.05, 0.1) is 0 Å². The molecule has 0 N–H and O–H groups in total. The van der Waals surface area contributed by atoms with Crippen molar-refractivity contribution >= 4 is 12.0 Å². The first-order valence-corrected chi connectivity index (χ1v) is 8.24. The van der Waals surface area contributed by atoms with Gasteiger partial charge in [0.15, 0.2) is 0 Å². The molecule has 0 bridgehead atoms. The number of aromatic nitrogens is 1. The Balaban J connectivity index is 1.78. The minimum atomic E-state index is 0.0846. The predicted octanol–water partition coefficient (Wildman–Crippen LogP) is 3.98. The third-order valence-electron chi connectivity index (χ3n) is 4.50. The van der Waals surface area contributed by atoms with Crippen molar-refractivity contribution < 1.29 is 4.79 Å². The maximum Gasteiger partial charge on any atom is 0.246 e. The average molecular weight is 308 g/mol. The monoisotopic (exact) mass is 308 g/mol. The molecule has 1 aliphatic rings. The molecule has 1 heterocycles. The van der Waals surface area contributed by atoms with Gasteiger partial charge in [-0.3, -0.25) is 4.79 Å². The van der Waals surface area contributed by atoms with Gasteiger partial charge >= 0.3 is 0 Å². The zero-order valence-corrected chi connectivity index (χ0v) is 14.1. The summed E-state index contributed by atoms with van der Waals surface area (Å²) in [5.41, 5.74) is 4.58. The molecule has 3 heteroatoms. The highest BCUT2D eigenvalue weighted by molar-refractivity contribution is 5.91. The molecule has 0 aliphatic heterocycles. The zero-order chi connectivity index (χ0) is 16.4. The summed E-state index contributed by atoms with van der Waals surface area (Å²) < 4.78 is 2.22. The molecule has 3 rings (SSSR count). The van der Waals surface area contributed by atoms with Gasteiger partial charge in [-0.25, -0.2) is 0 Å². The number of carbonyl (C=O) groups excluding carboxylic acids is 1. The largest absolute Gasteiger partial charge is 0.342 e. The van der Waals surface area contributed by atoms with Gasteiger partial charge in [-0.1, -0.05) is 18.2 Å². The maximum atomic E-state index is 12.2. The molecule has 0 radical (unpaired) electrons. The maximum absolute atomic E-state index is 12.2. The van der Waals surface area contributed by atoms with Crippen molar-refractivity contribution in [2.75, 3.05) is 13.6 Å². The fourth-order valence-corrected chi connectivity index (χ4v) is 3.00. The minimum Gasteiger partial charge on any atom is -0.342 e.